The molecule has 1 aromatic carbocycles. The lowest BCUT2D eigenvalue weighted by Crippen LogP contribution is -2.36. The molecular weight excluding hydrogens is 246 g/mol. The Morgan fingerprint density at radius 1 is 1.00 bits per heavy atom. The van der Waals surface area contributed by atoms with Crippen molar-refractivity contribution in [2.75, 3.05) is 0 Å². The molecular formula is C14H20ClN3. The van der Waals surface area contributed by atoms with Crippen LogP contribution in [0.15, 0.2) is 35.3 Å². The highest BCUT2D eigenvalue weighted by Gasteiger charge is 2.31. The van der Waals surface area contributed by atoms with Crippen LogP contribution in [-0.2, 0) is 6.54 Å². The fraction of sp³-hybridized carbons (Fsp3) is 0.500. The number of fused-ring (bicyclic) bond motifs is 1. The monoisotopic (exact) mass is 265 g/mol. The largest absolute Gasteiger partial charge is 0.352 e. The molecule has 0 aromatic heterocycles. The lowest BCUT2D eigenvalue weighted by molar-refractivity contribution is 0.374. The fourth-order valence-electron chi connectivity index (χ4n) is 2.71. The van der Waals surface area contributed by atoms with Crippen LogP contribution in [0.25, 0.3) is 0 Å². The van der Waals surface area contributed by atoms with Crippen LogP contribution in [-0.4, -0.2) is 18.0 Å². The maximum Gasteiger partial charge on any atom is 0.192 e. The number of nitrogens with one attached hydrogen (secondary N) is 2. The van der Waals surface area contributed by atoms with E-state index in [1.807, 2.05) is 6.07 Å². The molecule has 2 aliphatic rings. The second-order valence-electron chi connectivity index (χ2n) is 4.94. The predicted octanol–water partition coefficient (Wildman–Crippen LogP) is 2.47. The Balaban J connectivity index is 0.00000120. The van der Waals surface area contributed by atoms with Gasteiger partial charge in [-0.25, -0.2) is 4.99 Å². The third-order valence-corrected chi connectivity index (χ3v) is 3.67. The molecule has 0 spiro atoms. The van der Waals surface area contributed by atoms with Gasteiger partial charge in [-0.3, -0.25) is 0 Å². The number of guanidine groups is 1. The number of aliphatic imine (C=N–C) groups is 1. The fourth-order valence-corrected chi connectivity index (χ4v) is 2.71. The van der Waals surface area contributed by atoms with Crippen LogP contribution in [0.1, 0.15) is 31.2 Å². The first-order valence-corrected chi connectivity index (χ1v) is 6.53. The van der Waals surface area contributed by atoms with Crippen molar-refractivity contribution in [3.8, 4) is 0 Å². The summed E-state index contributed by atoms with van der Waals surface area (Å²) in [5.41, 5.74) is 1.26. The van der Waals surface area contributed by atoms with E-state index in [0.29, 0.717) is 12.1 Å². The molecule has 18 heavy (non-hydrogen) atoms. The molecule has 0 unspecified atom stereocenters. The van der Waals surface area contributed by atoms with Crippen LogP contribution in [0.4, 0.5) is 0 Å². The van der Waals surface area contributed by atoms with E-state index in [1.54, 1.807) is 0 Å². The van der Waals surface area contributed by atoms with Gasteiger partial charge in [-0.05, 0) is 18.4 Å². The van der Waals surface area contributed by atoms with E-state index in [1.165, 1.54) is 31.2 Å². The lowest BCUT2D eigenvalue weighted by atomic mass is 9.92. The van der Waals surface area contributed by atoms with Crippen molar-refractivity contribution in [1.29, 1.82) is 0 Å². The molecule has 0 amide bonds. The summed E-state index contributed by atoms with van der Waals surface area (Å²) in [5.74, 6) is 0.991. The molecule has 1 aromatic rings. The van der Waals surface area contributed by atoms with Crippen LogP contribution in [0, 0.1) is 0 Å². The summed E-state index contributed by atoms with van der Waals surface area (Å²) in [6, 6.07) is 11.6. The Kier molecular flexibility index (Phi) is 4.48. The molecule has 4 heteroatoms. The number of hydrogen-bond acceptors (Lipinski definition) is 1. The van der Waals surface area contributed by atoms with E-state index >= 15 is 0 Å². The van der Waals surface area contributed by atoms with E-state index in [-0.39, 0.29) is 12.4 Å². The highest BCUT2D eigenvalue weighted by molar-refractivity contribution is 5.85. The van der Waals surface area contributed by atoms with E-state index in [0.717, 1.165) is 12.5 Å². The standard InChI is InChI=1S/C14H19N3.ClH/c1-2-6-11(7-3-1)10-15-14-16-12-8-4-5-9-13(12)17-14;/h1-3,6-7,12-13H,4-5,8-10H2,(H2,15,16,17);1H/t12-,13+;. The molecule has 98 valence electrons. The maximum absolute atomic E-state index is 4.61. The minimum atomic E-state index is 0. The quantitative estimate of drug-likeness (QED) is 0.862. The van der Waals surface area contributed by atoms with Crippen molar-refractivity contribution in [3.63, 3.8) is 0 Å². The van der Waals surface area contributed by atoms with Crippen LogP contribution in [0.3, 0.4) is 0 Å². The van der Waals surface area contributed by atoms with Gasteiger partial charge in [-0.1, -0.05) is 43.2 Å². The zero-order chi connectivity index (χ0) is 11.5. The highest BCUT2D eigenvalue weighted by atomic mass is 35.5. The van der Waals surface area contributed by atoms with Gasteiger partial charge in [0.15, 0.2) is 5.96 Å². The summed E-state index contributed by atoms with van der Waals surface area (Å²) < 4.78 is 0. The van der Waals surface area contributed by atoms with E-state index in [9.17, 15) is 0 Å². The van der Waals surface area contributed by atoms with Crippen LogP contribution in [0.2, 0.25) is 0 Å². The number of benzene rings is 1. The number of halogens is 1. The van der Waals surface area contributed by atoms with Gasteiger partial charge in [0.25, 0.3) is 0 Å². The maximum atomic E-state index is 4.61. The summed E-state index contributed by atoms with van der Waals surface area (Å²) in [7, 11) is 0. The van der Waals surface area contributed by atoms with Gasteiger partial charge in [0.1, 0.15) is 0 Å². The van der Waals surface area contributed by atoms with Gasteiger partial charge in [0, 0.05) is 12.1 Å². The first-order chi connectivity index (χ1) is 8.42. The summed E-state index contributed by atoms with van der Waals surface area (Å²) in [4.78, 5) is 4.61. The molecule has 2 N–H and O–H groups in total. The third-order valence-electron chi connectivity index (χ3n) is 3.67. The molecule has 1 aliphatic carbocycles. The Hall–Kier alpha value is -1.22. The molecule has 3 nitrogen and oxygen atoms in total. The molecule has 3 rings (SSSR count). The SMILES string of the molecule is Cl.c1ccc(CN=C2N[C@H]3CCCC[C@H]3N2)cc1. The predicted molar refractivity (Wildman–Crippen MR) is 77.1 cm³/mol. The van der Waals surface area contributed by atoms with Gasteiger partial charge in [0.05, 0.1) is 6.54 Å². The molecule has 2 atom stereocenters. The number of hydrogen-bond donors (Lipinski definition) is 2. The van der Waals surface area contributed by atoms with Crippen LogP contribution in [0.5, 0.6) is 0 Å². The molecule has 1 aliphatic heterocycles. The van der Waals surface area contributed by atoms with Gasteiger partial charge in [-0.15, -0.1) is 12.4 Å². The summed E-state index contributed by atoms with van der Waals surface area (Å²) >= 11 is 0. The van der Waals surface area contributed by atoms with Crippen LogP contribution >= 0.6 is 12.4 Å². The Bertz CT molecular complexity index is 389. The topological polar surface area (TPSA) is 36.4 Å². The normalized spacial score (nSPS) is 27.9. The number of rotatable bonds is 2. The summed E-state index contributed by atoms with van der Waals surface area (Å²) in [5, 5.41) is 7.00. The summed E-state index contributed by atoms with van der Waals surface area (Å²) in [6.07, 6.45) is 5.26. The molecule has 1 heterocycles. The molecule has 1 saturated carbocycles. The van der Waals surface area contributed by atoms with E-state index in [4.69, 9.17) is 0 Å². The van der Waals surface area contributed by atoms with Crippen molar-refractivity contribution >= 4 is 18.4 Å². The first-order valence-electron chi connectivity index (χ1n) is 6.53. The Morgan fingerprint density at radius 3 is 2.22 bits per heavy atom. The minimum absolute atomic E-state index is 0. The zero-order valence-electron chi connectivity index (χ0n) is 10.4. The molecule has 0 bridgehead atoms. The van der Waals surface area contributed by atoms with Crippen molar-refractivity contribution in [2.24, 2.45) is 4.99 Å². The summed E-state index contributed by atoms with van der Waals surface area (Å²) in [6.45, 7) is 0.760. The smallest absolute Gasteiger partial charge is 0.192 e. The molecule has 2 fully saturated rings. The van der Waals surface area contributed by atoms with E-state index in [2.05, 4.69) is 39.9 Å². The molecule has 0 radical (unpaired) electrons. The lowest BCUT2D eigenvalue weighted by Gasteiger charge is -2.23. The van der Waals surface area contributed by atoms with E-state index < -0.39 is 0 Å². The Labute approximate surface area is 114 Å². The van der Waals surface area contributed by atoms with Gasteiger partial charge >= 0.3 is 0 Å². The second-order valence-corrected chi connectivity index (χ2v) is 4.94. The van der Waals surface area contributed by atoms with Crippen molar-refractivity contribution < 1.29 is 0 Å². The van der Waals surface area contributed by atoms with Crippen LogP contribution < -0.4 is 10.6 Å². The zero-order valence-corrected chi connectivity index (χ0v) is 11.2. The Morgan fingerprint density at radius 2 is 1.61 bits per heavy atom. The van der Waals surface area contributed by atoms with Gasteiger partial charge < -0.3 is 10.6 Å². The first kappa shape index (κ1) is 13.2. The average Bonchev–Trinajstić information content (AvgIpc) is 2.80. The minimum Gasteiger partial charge on any atom is -0.352 e. The molecule has 1 saturated heterocycles. The van der Waals surface area contributed by atoms with Crippen molar-refractivity contribution in [3.05, 3.63) is 35.9 Å². The highest BCUT2D eigenvalue weighted by Crippen LogP contribution is 2.21. The number of nitrogens with zero attached hydrogens (tertiary/aromatic N) is 1. The van der Waals surface area contributed by atoms with Gasteiger partial charge in [-0.2, -0.15) is 0 Å². The average molecular weight is 266 g/mol. The van der Waals surface area contributed by atoms with Gasteiger partial charge in [0.2, 0.25) is 0 Å². The van der Waals surface area contributed by atoms with Crippen molar-refractivity contribution in [1.82, 2.24) is 10.6 Å². The second kappa shape index (κ2) is 6.10. The third kappa shape index (κ3) is 2.96. The van der Waals surface area contributed by atoms with Crippen molar-refractivity contribution in [2.45, 2.75) is 44.3 Å².